The Morgan fingerprint density at radius 3 is 2.69 bits per heavy atom. The summed E-state index contributed by atoms with van der Waals surface area (Å²) in [7, 11) is 5.21. The second-order valence-corrected chi connectivity index (χ2v) is 8.11. The SMILES string of the molecule is COC(=O)c1c(OCCCN(C)C)cc(=O)n2c1CCN(C(=O)c1ccnc(Cl)c1)CC2. The first-order valence-corrected chi connectivity index (χ1v) is 10.7. The van der Waals surface area contributed by atoms with Crippen molar-refractivity contribution in [2.24, 2.45) is 0 Å². The van der Waals surface area contributed by atoms with Gasteiger partial charge in [0, 0.05) is 56.1 Å². The van der Waals surface area contributed by atoms with E-state index in [0.717, 1.165) is 13.0 Å². The van der Waals surface area contributed by atoms with Crippen LogP contribution in [0.3, 0.4) is 0 Å². The topological polar surface area (TPSA) is 94.0 Å². The maximum atomic E-state index is 12.9. The lowest BCUT2D eigenvalue weighted by molar-refractivity contribution is 0.0593. The molecule has 0 unspecified atom stereocenters. The van der Waals surface area contributed by atoms with Gasteiger partial charge in [-0.25, -0.2) is 9.78 Å². The predicted molar refractivity (Wildman–Crippen MR) is 120 cm³/mol. The van der Waals surface area contributed by atoms with Crippen molar-refractivity contribution in [3.05, 3.63) is 56.7 Å². The van der Waals surface area contributed by atoms with Crippen molar-refractivity contribution in [3.63, 3.8) is 0 Å². The highest BCUT2D eigenvalue weighted by molar-refractivity contribution is 6.29. The summed E-state index contributed by atoms with van der Waals surface area (Å²) in [5, 5.41) is 0.231. The lowest BCUT2D eigenvalue weighted by Crippen LogP contribution is -2.34. The Balaban J connectivity index is 1.88. The van der Waals surface area contributed by atoms with Crippen LogP contribution < -0.4 is 10.3 Å². The molecular weight excluding hydrogens is 436 g/mol. The van der Waals surface area contributed by atoms with E-state index in [2.05, 4.69) is 4.98 Å². The summed E-state index contributed by atoms with van der Waals surface area (Å²) in [6.45, 7) is 2.07. The number of amides is 1. The van der Waals surface area contributed by atoms with Crippen LogP contribution in [0.2, 0.25) is 5.15 Å². The summed E-state index contributed by atoms with van der Waals surface area (Å²) >= 11 is 5.92. The Kier molecular flexibility index (Phi) is 7.87. The lowest BCUT2D eigenvalue weighted by Gasteiger charge is -2.20. The Bertz CT molecular complexity index is 1050. The van der Waals surface area contributed by atoms with E-state index in [1.165, 1.54) is 30.0 Å². The predicted octanol–water partition coefficient (Wildman–Crippen LogP) is 1.71. The molecule has 172 valence electrons. The second kappa shape index (κ2) is 10.6. The molecule has 9 nitrogen and oxygen atoms in total. The van der Waals surface area contributed by atoms with Gasteiger partial charge in [0.25, 0.3) is 11.5 Å². The third-order valence-corrected chi connectivity index (χ3v) is 5.46. The molecule has 2 aromatic heterocycles. The van der Waals surface area contributed by atoms with Gasteiger partial charge in [-0.15, -0.1) is 0 Å². The number of hydrogen-bond donors (Lipinski definition) is 0. The van der Waals surface area contributed by atoms with Gasteiger partial charge >= 0.3 is 5.97 Å². The van der Waals surface area contributed by atoms with E-state index in [-0.39, 0.29) is 34.5 Å². The molecule has 0 saturated carbocycles. The summed E-state index contributed by atoms with van der Waals surface area (Å²) in [4.78, 5) is 46.0. The lowest BCUT2D eigenvalue weighted by atomic mass is 10.1. The van der Waals surface area contributed by atoms with Gasteiger partial charge in [-0.3, -0.25) is 9.59 Å². The molecule has 0 radical (unpaired) electrons. The first-order chi connectivity index (χ1) is 15.3. The smallest absolute Gasteiger partial charge is 0.343 e. The molecule has 1 aliphatic heterocycles. The average Bonchev–Trinajstić information content (AvgIpc) is 2.99. The van der Waals surface area contributed by atoms with Crippen molar-refractivity contribution in [2.45, 2.75) is 19.4 Å². The standard InChI is InChI=1S/C22H27ClN4O5/c1-25(2)8-4-12-32-17-14-19(28)27-11-10-26(9-6-16(27)20(17)22(30)31-3)21(29)15-5-7-24-18(23)13-15/h5,7,13-14H,4,6,8-12H2,1-3H3. The molecule has 0 N–H and O–H groups in total. The van der Waals surface area contributed by atoms with Crippen LogP contribution in [0.15, 0.2) is 29.2 Å². The van der Waals surface area contributed by atoms with Crippen LogP contribution in [0.4, 0.5) is 0 Å². The molecule has 0 aliphatic carbocycles. The molecule has 0 atom stereocenters. The molecule has 1 amide bonds. The molecule has 0 spiro atoms. The van der Waals surface area contributed by atoms with Crippen molar-refractivity contribution in [3.8, 4) is 5.75 Å². The molecular formula is C22H27ClN4O5. The number of hydrogen-bond acceptors (Lipinski definition) is 7. The number of esters is 1. The van der Waals surface area contributed by atoms with E-state index in [4.69, 9.17) is 21.1 Å². The molecule has 2 aromatic rings. The van der Waals surface area contributed by atoms with E-state index in [1.54, 1.807) is 11.0 Å². The Morgan fingerprint density at radius 2 is 2.00 bits per heavy atom. The maximum absolute atomic E-state index is 12.9. The maximum Gasteiger partial charge on any atom is 0.343 e. The molecule has 1 aliphatic rings. The zero-order valence-corrected chi connectivity index (χ0v) is 19.2. The van der Waals surface area contributed by atoms with Crippen molar-refractivity contribution < 1.29 is 19.1 Å². The minimum absolute atomic E-state index is 0.213. The largest absolute Gasteiger partial charge is 0.492 e. The first kappa shape index (κ1) is 23.7. The van der Waals surface area contributed by atoms with E-state index < -0.39 is 5.97 Å². The van der Waals surface area contributed by atoms with Gasteiger partial charge in [-0.2, -0.15) is 0 Å². The van der Waals surface area contributed by atoms with Gasteiger partial charge in [-0.1, -0.05) is 11.6 Å². The second-order valence-electron chi connectivity index (χ2n) is 7.73. The molecule has 0 saturated heterocycles. The number of methoxy groups -OCH3 is 1. The van der Waals surface area contributed by atoms with Crippen LogP contribution in [0.5, 0.6) is 5.75 Å². The summed E-state index contributed by atoms with van der Waals surface area (Å²) in [6.07, 6.45) is 2.52. The summed E-state index contributed by atoms with van der Waals surface area (Å²) < 4.78 is 12.3. The van der Waals surface area contributed by atoms with Gasteiger partial charge in [0.05, 0.1) is 13.7 Å². The van der Waals surface area contributed by atoms with Gasteiger partial charge in [-0.05, 0) is 32.6 Å². The highest BCUT2D eigenvalue weighted by atomic mass is 35.5. The van der Waals surface area contributed by atoms with E-state index in [0.29, 0.717) is 37.4 Å². The zero-order chi connectivity index (χ0) is 23.3. The number of nitrogens with zero attached hydrogens (tertiary/aromatic N) is 4. The van der Waals surface area contributed by atoms with Crippen LogP contribution >= 0.6 is 11.6 Å². The molecule has 3 heterocycles. The van der Waals surface area contributed by atoms with Gasteiger partial charge < -0.3 is 23.8 Å². The highest BCUT2D eigenvalue weighted by Gasteiger charge is 2.27. The number of ether oxygens (including phenoxy) is 2. The van der Waals surface area contributed by atoms with Gasteiger partial charge in [0.1, 0.15) is 16.5 Å². The number of aromatic nitrogens is 2. The van der Waals surface area contributed by atoms with Crippen LogP contribution in [0.25, 0.3) is 0 Å². The average molecular weight is 463 g/mol. The monoisotopic (exact) mass is 462 g/mol. The Morgan fingerprint density at radius 1 is 1.22 bits per heavy atom. The normalized spacial score (nSPS) is 13.5. The number of carbonyl (C=O) groups excluding carboxylic acids is 2. The molecule has 0 bridgehead atoms. The van der Waals surface area contributed by atoms with E-state index in [1.807, 2.05) is 19.0 Å². The molecule has 3 rings (SSSR count). The fraction of sp³-hybridized carbons (Fsp3) is 0.455. The molecule has 0 aromatic carbocycles. The van der Waals surface area contributed by atoms with Gasteiger partial charge in [0.15, 0.2) is 0 Å². The van der Waals surface area contributed by atoms with E-state index in [9.17, 15) is 14.4 Å². The summed E-state index contributed by atoms with van der Waals surface area (Å²) in [6, 6.07) is 4.43. The van der Waals surface area contributed by atoms with Crippen LogP contribution in [-0.4, -0.2) is 78.7 Å². The third-order valence-electron chi connectivity index (χ3n) is 5.25. The Hall–Kier alpha value is -2.91. The number of pyridine rings is 2. The van der Waals surface area contributed by atoms with Crippen molar-refractivity contribution in [1.82, 2.24) is 19.4 Å². The van der Waals surface area contributed by atoms with Crippen LogP contribution in [0, 0.1) is 0 Å². The van der Waals surface area contributed by atoms with E-state index >= 15 is 0 Å². The highest BCUT2D eigenvalue weighted by Crippen LogP contribution is 2.24. The first-order valence-electron chi connectivity index (χ1n) is 10.3. The fourth-order valence-electron chi connectivity index (χ4n) is 3.67. The molecule has 0 fully saturated rings. The minimum Gasteiger partial charge on any atom is -0.492 e. The van der Waals surface area contributed by atoms with Crippen LogP contribution in [-0.2, 0) is 17.7 Å². The number of carbonyl (C=O) groups is 2. The molecule has 10 heteroatoms. The zero-order valence-electron chi connectivity index (χ0n) is 18.5. The van der Waals surface area contributed by atoms with Crippen molar-refractivity contribution in [1.29, 1.82) is 0 Å². The molecule has 32 heavy (non-hydrogen) atoms. The van der Waals surface area contributed by atoms with Crippen LogP contribution in [0.1, 0.15) is 32.8 Å². The van der Waals surface area contributed by atoms with Crippen molar-refractivity contribution in [2.75, 3.05) is 47.4 Å². The van der Waals surface area contributed by atoms with Crippen molar-refractivity contribution >= 4 is 23.5 Å². The third kappa shape index (κ3) is 5.46. The Labute approximate surface area is 191 Å². The van der Waals surface area contributed by atoms with Gasteiger partial charge in [0.2, 0.25) is 0 Å². The summed E-state index contributed by atoms with van der Waals surface area (Å²) in [5.74, 6) is -0.570. The summed E-state index contributed by atoms with van der Waals surface area (Å²) in [5.41, 5.74) is 0.881. The number of rotatable bonds is 7. The number of halogens is 1. The quantitative estimate of drug-likeness (QED) is 0.351. The number of fused-ring (bicyclic) bond motifs is 1. The minimum atomic E-state index is -0.572. The fourth-order valence-corrected chi connectivity index (χ4v) is 3.84.